The SMILES string of the molecule is Nc1cc(/C=C/c2ccc([N+](=O)[O-])o2)nc2ccccc12. The number of hydrogen-bond donors (Lipinski definition) is 1. The average molecular weight is 281 g/mol. The molecule has 0 aliphatic heterocycles. The topological polar surface area (TPSA) is 95.2 Å². The van der Waals surface area contributed by atoms with Crippen LogP contribution in [0.25, 0.3) is 23.1 Å². The number of rotatable bonds is 3. The minimum Gasteiger partial charge on any atom is -0.401 e. The van der Waals surface area contributed by atoms with Gasteiger partial charge in [0, 0.05) is 11.1 Å². The van der Waals surface area contributed by atoms with Crippen LogP contribution in [0.1, 0.15) is 11.5 Å². The summed E-state index contributed by atoms with van der Waals surface area (Å²) in [7, 11) is 0. The lowest BCUT2D eigenvalue weighted by Gasteiger charge is -2.02. The van der Waals surface area contributed by atoms with E-state index in [1.807, 2.05) is 24.3 Å². The molecule has 0 spiro atoms. The maximum atomic E-state index is 10.5. The fourth-order valence-corrected chi connectivity index (χ4v) is 2.01. The summed E-state index contributed by atoms with van der Waals surface area (Å²) < 4.78 is 5.04. The molecule has 1 aromatic carbocycles. The van der Waals surface area contributed by atoms with Gasteiger partial charge >= 0.3 is 5.88 Å². The van der Waals surface area contributed by atoms with Gasteiger partial charge in [-0.15, -0.1) is 0 Å². The van der Waals surface area contributed by atoms with E-state index in [9.17, 15) is 10.1 Å². The lowest BCUT2D eigenvalue weighted by Crippen LogP contribution is -1.91. The monoisotopic (exact) mass is 281 g/mol. The molecule has 0 amide bonds. The fourth-order valence-electron chi connectivity index (χ4n) is 2.01. The molecular weight excluding hydrogens is 270 g/mol. The molecule has 21 heavy (non-hydrogen) atoms. The first kappa shape index (κ1) is 12.9. The molecule has 0 unspecified atom stereocenters. The molecule has 0 radical (unpaired) electrons. The van der Waals surface area contributed by atoms with E-state index in [0.717, 1.165) is 10.9 Å². The molecule has 0 atom stereocenters. The molecule has 0 aliphatic carbocycles. The summed E-state index contributed by atoms with van der Waals surface area (Å²) in [4.78, 5) is 14.4. The van der Waals surface area contributed by atoms with Gasteiger partial charge in [-0.2, -0.15) is 0 Å². The Morgan fingerprint density at radius 1 is 1.19 bits per heavy atom. The number of pyridine rings is 1. The maximum absolute atomic E-state index is 10.5. The summed E-state index contributed by atoms with van der Waals surface area (Å²) in [5.41, 5.74) is 8.07. The van der Waals surface area contributed by atoms with Crippen molar-refractivity contribution in [3.05, 3.63) is 64.0 Å². The zero-order chi connectivity index (χ0) is 14.8. The normalized spacial score (nSPS) is 11.2. The van der Waals surface area contributed by atoms with Gasteiger partial charge in [0.25, 0.3) is 0 Å². The van der Waals surface area contributed by atoms with Gasteiger partial charge in [0.1, 0.15) is 10.7 Å². The minimum absolute atomic E-state index is 0.291. The number of para-hydroxylation sites is 1. The van der Waals surface area contributed by atoms with Crippen molar-refractivity contribution in [2.24, 2.45) is 0 Å². The van der Waals surface area contributed by atoms with E-state index < -0.39 is 4.92 Å². The Kier molecular flexibility index (Phi) is 3.12. The second-order valence-electron chi connectivity index (χ2n) is 4.42. The molecule has 2 N–H and O–H groups in total. The number of hydrogen-bond acceptors (Lipinski definition) is 5. The zero-order valence-electron chi connectivity index (χ0n) is 10.9. The molecule has 0 aliphatic rings. The van der Waals surface area contributed by atoms with E-state index in [1.165, 1.54) is 12.1 Å². The average Bonchev–Trinajstić information content (AvgIpc) is 2.94. The highest BCUT2D eigenvalue weighted by atomic mass is 16.6. The van der Waals surface area contributed by atoms with E-state index in [1.54, 1.807) is 18.2 Å². The van der Waals surface area contributed by atoms with Crippen molar-refractivity contribution in [2.75, 3.05) is 5.73 Å². The first-order chi connectivity index (χ1) is 10.1. The van der Waals surface area contributed by atoms with E-state index >= 15 is 0 Å². The van der Waals surface area contributed by atoms with Gasteiger partial charge in [-0.3, -0.25) is 10.1 Å². The Hall–Kier alpha value is -3.15. The van der Waals surface area contributed by atoms with Crippen LogP contribution < -0.4 is 5.73 Å². The van der Waals surface area contributed by atoms with Crippen LogP contribution in [0.2, 0.25) is 0 Å². The molecule has 6 nitrogen and oxygen atoms in total. The molecule has 0 bridgehead atoms. The summed E-state index contributed by atoms with van der Waals surface area (Å²) in [5.74, 6) is 0.0934. The molecule has 0 fully saturated rings. The Bertz CT molecular complexity index is 852. The van der Waals surface area contributed by atoms with E-state index in [-0.39, 0.29) is 5.88 Å². The predicted molar refractivity (Wildman–Crippen MR) is 80.4 cm³/mol. The third-order valence-corrected chi connectivity index (χ3v) is 2.98. The molecule has 0 saturated heterocycles. The van der Waals surface area contributed by atoms with Gasteiger partial charge in [-0.25, -0.2) is 4.98 Å². The fraction of sp³-hybridized carbons (Fsp3) is 0. The predicted octanol–water partition coefficient (Wildman–Crippen LogP) is 3.49. The molecule has 2 heterocycles. The second kappa shape index (κ2) is 5.09. The van der Waals surface area contributed by atoms with E-state index in [0.29, 0.717) is 17.1 Å². The van der Waals surface area contributed by atoms with Gasteiger partial charge < -0.3 is 10.2 Å². The molecular formula is C15H11N3O3. The number of anilines is 1. The highest BCUT2D eigenvalue weighted by Crippen LogP contribution is 2.22. The number of nitrogens with two attached hydrogens (primary N) is 1. The molecule has 0 saturated carbocycles. The van der Waals surface area contributed by atoms with Crippen LogP contribution in [0, 0.1) is 10.1 Å². The number of aromatic nitrogens is 1. The minimum atomic E-state index is -0.580. The quantitative estimate of drug-likeness (QED) is 0.585. The molecule has 3 rings (SSSR count). The Morgan fingerprint density at radius 2 is 2.00 bits per heavy atom. The van der Waals surface area contributed by atoms with Crippen molar-refractivity contribution in [2.45, 2.75) is 0 Å². The van der Waals surface area contributed by atoms with Crippen LogP contribution in [-0.4, -0.2) is 9.91 Å². The zero-order valence-corrected chi connectivity index (χ0v) is 10.9. The van der Waals surface area contributed by atoms with Crippen LogP contribution in [0.4, 0.5) is 11.6 Å². The third-order valence-electron chi connectivity index (χ3n) is 2.98. The van der Waals surface area contributed by atoms with Crippen molar-refractivity contribution in [3.8, 4) is 0 Å². The first-order valence-electron chi connectivity index (χ1n) is 6.21. The molecule has 2 aromatic heterocycles. The lowest BCUT2D eigenvalue weighted by molar-refractivity contribution is -0.402. The van der Waals surface area contributed by atoms with Crippen molar-refractivity contribution in [3.63, 3.8) is 0 Å². The van der Waals surface area contributed by atoms with Gasteiger partial charge in [0.15, 0.2) is 0 Å². The van der Waals surface area contributed by atoms with E-state index in [2.05, 4.69) is 4.98 Å². The van der Waals surface area contributed by atoms with Crippen LogP contribution in [-0.2, 0) is 0 Å². The number of nitrogen functional groups attached to an aromatic ring is 1. The molecule has 104 valence electrons. The van der Waals surface area contributed by atoms with Crippen molar-refractivity contribution < 1.29 is 9.34 Å². The number of nitro groups is 1. The number of benzene rings is 1. The van der Waals surface area contributed by atoms with Crippen LogP contribution in [0.3, 0.4) is 0 Å². The Labute approximate surface area is 119 Å². The van der Waals surface area contributed by atoms with Crippen molar-refractivity contribution >= 4 is 34.6 Å². The molecule has 3 aromatic rings. The Balaban J connectivity index is 1.93. The van der Waals surface area contributed by atoms with Gasteiger partial charge in [-0.05, 0) is 30.4 Å². The first-order valence-corrected chi connectivity index (χ1v) is 6.21. The largest absolute Gasteiger partial charge is 0.433 e. The number of nitrogens with zero attached hydrogens (tertiary/aromatic N) is 2. The Morgan fingerprint density at radius 3 is 2.76 bits per heavy atom. The second-order valence-corrected chi connectivity index (χ2v) is 4.42. The maximum Gasteiger partial charge on any atom is 0.433 e. The standard InChI is InChI=1S/C15H11N3O3/c16-13-9-10(17-14-4-2-1-3-12(13)14)5-6-11-7-8-15(21-11)18(19)20/h1-9H,(H2,16,17)/b6-5+. The molecule has 6 heteroatoms. The lowest BCUT2D eigenvalue weighted by atomic mass is 10.1. The van der Waals surface area contributed by atoms with Crippen molar-refractivity contribution in [1.82, 2.24) is 4.98 Å². The number of fused-ring (bicyclic) bond motifs is 1. The highest BCUT2D eigenvalue weighted by Gasteiger charge is 2.09. The summed E-state index contributed by atoms with van der Waals surface area (Å²) in [5, 5.41) is 11.4. The third kappa shape index (κ3) is 2.59. The van der Waals surface area contributed by atoms with Crippen molar-refractivity contribution in [1.29, 1.82) is 0 Å². The van der Waals surface area contributed by atoms with E-state index in [4.69, 9.17) is 10.2 Å². The summed E-state index contributed by atoms with van der Waals surface area (Å²) in [6, 6.07) is 12.1. The van der Waals surface area contributed by atoms with Gasteiger partial charge in [-0.1, -0.05) is 18.2 Å². The summed E-state index contributed by atoms with van der Waals surface area (Å²) in [6.07, 6.45) is 3.31. The summed E-state index contributed by atoms with van der Waals surface area (Å²) in [6.45, 7) is 0. The van der Waals surface area contributed by atoms with Gasteiger partial charge in [0.2, 0.25) is 0 Å². The summed E-state index contributed by atoms with van der Waals surface area (Å²) >= 11 is 0. The highest BCUT2D eigenvalue weighted by molar-refractivity contribution is 5.91. The smallest absolute Gasteiger partial charge is 0.401 e. The van der Waals surface area contributed by atoms with Gasteiger partial charge in [0.05, 0.1) is 17.3 Å². The number of furan rings is 1. The van der Waals surface area contributed by atoms with Crippen LogP contribution in [0.5, 0.6) is 0 Å². The van der Waals surface area contributed by atoms with Crippen LogP contribution >= 0.6 is 0 Å². The van der Waals surface area contributed by atoms with Crippen LogP contribution in [0.15, 0.2) is 46.9 Å².